The summed E-state index contributed by atoms with van der Waals surface area (Å²) in [7, 11) is 0. The lowest BCUT2D eigenvalue weighted by Gasteiger charge is -2.39. The molecule has 0 saturated carbocycles. The van der Waals surface area contributed by atoms with Crippen LogP contribution in [0.15, 0.2) is 48.8 Å². The molecule has 1 aromatic carbocycles. The number of anilines is 1. The molecular weight excluding hydrogens is 336 g/mol. The molecule has 1 atom stereocenters. The molecule has 3 aromatic rings. The molecule has 1 N–H and O–H groups in total. The monoisotopic (exact) mass is 354 g/mol. The fourth-order valence-electron chi connectivity index (χ4n) is 3.14. The molecule has 1 aliphatic heterocycles. The van der Waals surface area contributed by atoms with Crippen molar-refractivity contribution in [3.63, 3.8) is 0 Å². The highest BCUT2D eigenvalue weighted by Crippen LogP contribution is 2.30. The molecule has 1 saturated heterocycles. The zero-order chi connectivity index (χ0) is 17.2. The van der Waals surface area contributed by atoms with Gasteiger partial charge in [-0.25, -0.2) is 4.98 Å². The van der Waals surface area contributed by atoms with Gasteiger partial charge in [-0.2, -0.15) is 0 Å². The number of fused-ring (bicyclic) bond motifs is 1. The number of thiazole rings is 1. The van der Waals surface area contributed by atoms with Crippen LogP contribution in [0.25, 0.3) is 10.2 Å². The molecule has 6 nitrogen and oxygen atoms in total. The largest absolute Gasteiger partial charge is 0.480 e. The summed E-state index contributed by atoms with van der Waals surface area (Å²) in [5.41, 5.74) is 1.99. The molecule has 1 fully saturated rings. The first-order chi connectivity index (χ1) is 12.2. The van der Waals surface area contributed by atoms with Crippen LogP contribution in [0.4, 0.5) is 5.13 Å². The van der Waals surface area contributed by atoms with E-state index in [9.17, 15) is 9.90 Å². The highest BCUT2D eigenvalue weighted by atomic mass is 32.1. The van der Waals surface area contributed by atoms with Gasteiger partial charge in [0.2, 0.25) is 0 Å². The van der Waals surface area contributed by atoms with E-state index < -0.39 is 12.0 Å². The maximum absolute atomic E-state index is 11.8. The Balaban J connectivity index is 1.53. The van der Waals surface area contributed by atoms with E-state index in [-0.39, 0.29) is 0 Å². The van der Waals surface area contributed by atoms with Crippen molar-refractivity contribution >= 4 is 32.7 Å². The highest BCUT2D eigenvalue weighted by molar-refractivity contribution is 7.22. The van der Waals surface area contributed by atoms with Crippen LogP contribution >= 0.6 is 11.3 Å². The molecule has 2 aromatic heterocycles. The van der Waals surface area contributed by atoms with Crippen molar-refractivity contribution in [3.05, 3.63) is 54.4 Å². The topological polar surface area (TPSA) is 69.6 Å². The van der Waals surface area contributed by atoms with Gasteiger partial charge in [0.05, 0.1) is 10.2 Å². The number of aromatic nitrogens is 2. The molecule has 0 spiro atoms. The SMILES string of the molecule is O=C(O)C1CN(c2nc3ccccc3s2)CCN1Cc1cccnc1. The van der Waals surface area contributed by atoms with Gasteiger partial charge in [0, 0.05) is 38.6 Å². The van der Waals surface area contributed by atoms with Gasteiger partial charge in [-0.1, -0.05) is 29.5 Å². The Morgan fingerprint density at radius 1 is 1.24 bits per heavy atom. The van der Waals surface area contributed by atoms with Crippen LogP contribution < -0.4 is 4.90 Å². The second-order valence-electron chi connectivity index (χ2n) is 6.10. The van der Waals surface area contributed by atoms with Crippen molar-refractivity contribution in [2.45, 2.75) is 12.6 Å². The fraction of sp³-hybridized carbons (Fsp3) is 0.278. The molecule has 3 heterocycles. The van der Waals surface area contributed by atoms with Crippen molar-refractivity contribution < 1.29 is 9.90 Å². The third kappa shape index (κ3) is 3.33. The van der Waals surface area contributed by atoms with Crippen LogP contribution in [0.3, 0.4) is 0 Å². The van der Waals surface area contributed by atoms with Gasteiger partial charge in [-0.3, -0.25) is 14.7 Å². The average Bonchev–Trinajstić information content (AvgIpc) is 3.07. The maximum Gasteiger partial charge on any atom is 0.322 e. The van der Waals surface area contributed by atoms with Gasteiger partial charge in [-0.05, 0) is 23.8 Å². The van der Waals surface area contributed by atoms with Crippen molar-refractivity contribution in [2.24, 2.45) is 0 Å². The van der Waals surface area contributed by atoms with Crippen LogP contribution in [-0.2, 0) is 11.3 Å². The molecular formula is C18H18N4O2S. The van der Waals surface area contributed by atoms with Gasteiger partial charge in [0.15, 0.2) is 5.13 Å². The molecule has 4 rings (SSSR count). The Morgan fingerprint density at radius 2 is 2.12 bits per heavy atom. The van der Waals surface area contributed by atoms with E-state index in [1.807, 2.05) is 41.3 Å². The summed E-state index contributed by atoms with van der Waals surface area (Å²) in [6.07, 6.45) is 3.52. The van der Waals surface area contributed by atoms with Crippen LogP contribution in [0.1, 0.15) is 5.56 Å². The summed E-state index contributed by atoms with van der Waals surface area (Å²) in [6, 6.07) is 11.3. The third-order valence-electron chi connectivity index (χ3n) is 4.44. The van der Waals surface area contributed by atoms with Crippen LogP contribution in [0.2, 0.25) is 0 Å². The number of carbonyl (C=O) groups is 1. The number of rotatable bonds is 4. The molecule has 0 bridgehead atoms. The van der Waals surface area contributed by atoms with E-state index >= 15 is 0 Å². The minimum atomic E-state index is -0.797. The van der Waals surface area contributed by atoms with Crippen molar-refractivity contribution in [1.82, 2.24) is 14.9 Å². The van der Waals surface area contributed by atoms with Crippen LogP contribution in [-0.4, -0.2) is 51.6 Å². The number of carboxylic acids is 1. The fourth-order valence-corrected chi connectivity index (χ4v) is 4.14. The lowest BCUT2D eigenvalue weighted by atomic mass is 10.1. The van der Waals surface area contributed by atoms with Gasteiger partial charge in [0.1, 0.15) is 6.04 Å². The lowest BCUT2D eigenvalue weighted by molar-refractivity contribution is -0.143. The van der Waals surface area contributed by atoms with E-state index in [2.05, 4.69) is 14.9 Å². The number of hydrogen-bond donors (Lipinski definition) is 1. The Bertz CT molecular complexity index is 850. The minimum Gasteiger partial charge on any atom is -0.480 e. The number of nitrogens with zero attached hydrogens (tertiary/aromatic N) is 4. The first kappa shape index (κ1) is 16.0. The molecule has 25 heavy (non-hydrogen) atoms. The third-order valence-corrected chi connectivity index (χ3v) is 5.54. The summed E-state index contributed by atoms with van der Waals surface area (Å²) in [6.45, 7) is 2.49. The second-order valence-corrected chi connectivity index (χ2v) is 7.11. The Hall–Kier alpha value is -2.51. The van der Waals surface area contributed by atoms with Crippen LogP contribution in [0.5, 0.6) is 0 Å². The van der Waals surface area contributed by atoms with E-state index in [4.69, 9.17) is 0 Å². The summed E-state index contributed by atoms with van der Waals surface area (Å²) in [5, 5.41) is 10.6. The summed E-state index contributed by atoms with van der Waals surface area (Å²) < 4.78 is 1.13. The van der Waals surface area contributed by atoms with E-state index in [1.54, 1.807) is 23.7 Å². The first-order valence-electron chi connectivity index (χ1n) is 8.17. The average molecular weight is 354 g/mol. The zero-order valence-electron chi connectivity index (χ0n) is 13.6. The number of benzene rings is 1. The van der Waals surface area contributed by atoms with Crippen molar-refractivity contribution in [3.8, 4) is 0 Å². The maximum atomic E-state index is 11.8. The summed E-state index contributed by atoms with van der Waals surface area (Å²) in [4.78, 5) is 24.7. The van der Waals surface area contributed by atoms with Gasteiger partial charge >= 0.3 is 5.97 Å². The number of carboxylic acid groups (broad SMARTS) is 1. The molecule has 1 unspecified atom stereocenters. The first-order valence-corrected chi connectivity index (χ1v) is 8.98. The Morgan fingerprint density at radius 3 is 2.88 bits per heavy atom. The Labute approximate surface area is 149 Å². The molecule has 0 radical (unpaired) electrons. The summed E-state index contributed by atoms with van der Waals surface area (Å²) in [5.74, 6) is -0.797. The predicted molar refractivity (Wildman–Crippen MR) is 97.9 cm³/mol. The predicted octanol–water partition coefficient (Wildman–Crippen LogP) is 2.47. The molecule has 128 valence electrons. The minimum absolute atomic E-state index is 0.440. The lowest BCUT2D eigenvalue weighted by Crippen LogP contribution is -2.56. The quantitative estimate of drug-likeness (QED) is 0.776. The van der Waals surface area contributed by atoms with Gasteiger partial charge in [0.25, 0.3) is 0 Å². The second kappa shape index (κ2) is 6.78. The highest BCUT2D eigenvalue weighted by Gasteiger charge is 2.33. The number of pyridine rings is 1. The Kier molecular flexibility index (Phi) is 4.33. The van der Waals surface area contributed by atoms with Crippen molar-refractivity contribution in [2.75, 3.05) is 24.5 Å². The van der Waals surface area contributed by atoms with Gasteiger partial charge in [-0.15, -0.1) is 0 Å². The van der Waals surface area contributed by atoms with E-state index in [0.29, 0.717) is 19.6 Å². The number of piperazine rings is 1. The standard InChI is InChI=1S/C18H18N4O2S/c23-17(24)15-12-22(18-20-14-5-1-2-6-16(14)25-18)9-8-21(15)11-13-4-3-7-19-10-13/h1-7,10,15H,8-9,11-12H2,(H,23,24). The molecule has 0 aliphatic carbocycles. The smallest absolute Gasteiger partial charge is 0.322 e. The number of hydrogen-bond acceptors (Lipinski definition) is 6. The van der Waals surface area contributed by atoms with Crippen molar-refractivity contribution in [1.29, 1.82) is 0 Å². The van der Waals surface area contributed by atoms with E-state index in [1.165, 1.54) is 0 Å². The summed E-state index contributed by atoms with van der Waals surface area (Å²) >= 11 is 1.62. The molecule has 0 amide bonds. The zero-order valence-corrected chi connectivity index (χ0v) is 14.4. The normalized spacial score (nSPS) is 18.6. The molecule has 7 heteroatoms. The number of aliphatic carboxylic acids is 1. The van der Waals surface area contributed by atoms with Gasteiger partial charge < -0.3 is 10.0 Å². The molecule has 1 aliphatic rings. The van der Waals surface area contributed by atoms with E-state index in [0.717, 1.165) is 27.5 Å². The number of para-hydroxylation sites is 1. The van der Waals surface area contributed by atoms with Crippen LogP contribution in [0, 0.1) is 0 Å².